The van der Waals surface area contributed by atoms with Crippen LogP contribution >= 0.6 is 0 Å². The van der Waals surface area contributed by atoms with E-state index in [9.17, 15) is 0 Å². The Kier molecular flexibility index (Phi) is 4.96. The third-order valence-corrected chi connectivity index (χ3v) is 4.37. The Bertz CT molecular complexity index is 132. The van der Waals surface area contributed by atoms with E-state index in [-0.39, 0.29) is 0 Å². The maximum Gasteiger partial charge on any atom is 0.219 e. The van der Waals surface area contributed by atoms with Gasteiger partial charge in [0.2, 0.25) is 9.76 Å². The number of allylic oxidation sites excluding steroid dienone is 2. The zero-order chi connectivity index (χ0) is 8.91. The lowest BCUT2D eigenvalue weighted by Crippen LogP contribution is -2.27. The fourth-order valence-corrected chi connectivity index (χ4v) is 3.06. The molecule has 0 atom stereocenters. The molecule has 0 unspecified atom stereocenters. The molecule has 0 rings (SSSR count). The van der Waals surface area contributed by atoms with Gasteiger partial charge in [0.25, 0.3) is 0 Å². The molecule has 64 valence electrons. The molecule has 0 saturated carbocycles. The molecule has 0 saturated heterocycles. The smallest absolute Gasteiger partial charge is 0.219 e. The molecule has 0 aliphatic heterocycles. The van der Waals surface area contributed by atoms with Crippen LogP contribution in [-0.2, 0) is 4.12 Å². The Morgan fingerprint density at radius 1 is 1.36 bits per heavy atom. The van der Waals surface area contributed by atoms with Crippen molar-refractivity contribution in [2.75, 3.05) is 0 Å². The Hall–Kier alpha value is 0.134. The summed E-state index contributed by atoms with van der Waals surface area (Å²) in [6, 6.07) is 1.09. The van der Waals surface area contributed by atoms with E-state index in [4.69, 9.17) is 4.12 Å². The summed E-state index contributed by atoms with van der Waals surface area (Å²) in [5, 5.41) is 0. The summed E-state index contributed by atoms with van der Waals surface area (Å²) in [6.45, 7) is 10.9. The molecule has 0 aromatic carbocycles. The van der Waals surface area contributed by atoms with E-state index in [1.807, 2.05) is 0 Å². The summed E-state index contributed by atoms with van der Waals surface area (Å²) in [5.74, 6) is 0. The largest absolute Gasteiger partial charge is 0.456 e. The van der Waals surface area contributed by atoms with E-state index in [0.29, 0.717) is 9.76 Å². The minimum atomic E-state index is -1.25. The van der Waals surface area contributed by atoms with Gasteiger partial charge in [-0.3, -0.25) is 0 Å². The summed E-state index contributed by atoms with van der Waals surface area (Å²) in [6.07, 6.45) is 2.23. The SMILES string of the molecule is CC(C)=CC[Si]O[Si](C)(C)C. The standard InChI is InChI=1S/C8H18OSi2/c1-8(2)6-7-10-9-11(3,4)5/h6H,7H2,1-5H3. The molecule has 0 fully saturated rings. The van der Waals surface area contributed by atoms with Crippen LogP contribution in [0.5, 0.6) is 0 Å². The molecule has 11 heavy (non-hydrogen) atoms. The Balaban J connectivity index is 3.36. The highest BCUT2D eigenvalue weighted by Gasteiger charge is 2.12. The average Bonchev–Trinajstić information content (AvgIpc) is 1.78. The first-order chi connectivity index (χ1) is 4.92. The fourth-order valence-electron chi connectivity index (χ4n) is 0.504. The van der Waals surface area contributed by atoms with Crippen molar-refractivity contribution in [3.05, 3.63) is 11.6 Å². The van der Waals surface area contributed by atoms with Crippen LogP contribution in [0.15, 0.2) is 11.6 Å². The van der Waals surface area contributed by atoms with Crippen molar-refractivity contribution in [3.8, 4) is 0 Å². The van der Waals surface area contributed by atoms with Crippen molar-refractivity contribution in [2.24, 2.45) is 0 Å². The van der Waals surface area contributed by atoms with Gasteiger partial charge in [0, 0.05) is 0 Å². The monoisotopic (exact) mass is 186 g/mol. The summed E-state index contributed by atoms with van der Waals surface area (Å²) < 4.78 is 5.70. The van der Waals surface area contributed by atoms with Crippen LogP contribution in [0.2, 0.25) is 25.7 Å². The maximum absolute atomic E-state index is 5.70. The number of hydrogen-bond donors (Lipinski definition) is 0. The average molecular weight is 186 g/mol. The van der Waals surface area contributed by atoms with E-state index in [1.165, 1.54) is 5.57 Å². The third-order valence-electron chi connectivity index (χ3n) is 0.972. The van der Waals surface area contributed by atoms with Crippen LogP contribution in [0.1, 0.15) is 13.8 Å². The highest BCUT2D eigenvalue weighted by Crippen LogP contribution is 2.02. The van der Waals surface area contributed by atoms with Crippen molar-refractivity contribution in [1.82, 2.24) is 0 Å². The molecule has 0 N–H and O–H groups in total. The maximum atomic E-state index is 5.70. The van der Waals surface area contributed by atoms with Gasteiger partial charge in [0.1, 0.15) is 0 Å². The first kappa shape index (κ1) is 11.1. The first-order valence-corrected chi connectivity index (χ1v) is 8.48. The van der Waals surface area contributed by atoms with Gasteiger partial charge in [-0.05, 0) is 39.5 Å². The molecule has 1 nitrogen and oxygen atoms in total. The molecular formula is C8H18OSi2. The lowest BCUT2D eigenvalue weighted by molar-refractivity contribution is 0.599. The summed E-state index contributed by atoms with van der Waals surface area (Å²) in [4.78, 5) is 0. The van der Waals surface area contributed by atoms with Gasteiger partial charge in [0.05, 0.1) is 0 Å². The lowest BCUT2D eigenvalue weighted by atomic mass is 10.3. The molecule has 0 aromatic heterocycles. The second kappa shape index (κ2) is 4.90. The first-order valence-electron chi connectivity index (χ1n) is 3.96. The molecule has 0 bridgehead atoms. The van der Waals surface area contributed by atoms with Gasteiger partial charge < -0.3 is 4.12 Å². The van der Waals surface area contributed by atoms with Gasteiger partial charge in [-0.15, -0.1) is 0 Å². The molecule has 0 spiro atoms. The lowest BCUT2D eigenvalue weighted by Gasteiger charge is -2.15. The summed E-state index contributed by atoms with van der Waals surface area (Å²) in [7, 11) is -0.584. The normalized spacial score (nSPS) is 11.4. The van der Waals surface area contributed by atoms with E-state index < -0.39 is 8.32 Å². The van der Waals surface area contributed by atoms with Gasteiger partial charge in [0.15, 0.2) is 8.32 Å². The van der Waals surface area contributed by atoms with E-state index >= 15 is 0 Å². The van der Waals surface area contributed by atoms with Gasteiger partial charge in [-0.25, -0.2) is 0 Å². The highest BCUT2D eigenvalue weighted by atomic mass is 28.4. The zero-order valence-corrected chi connectivity index (χ0v) is 10.2. The second-order valence-electron chi connectivity index (χ2n) is 3.84. The highest BCUT2D eigenvalue weighted by molar-refractivity contribution is 6.73. The number of rotatable bonds is 4. The van der Waals surface area contributed by atoms with E-state index in [0.717, 1.165) is 6.04 Å². The summed E-state index contributed by atoms with van der Waals surface area (Å²) in [5.41, 5.74) is 1.39. The molecule has 0 aromatic rings. The van der Waals surface area contributed by atoms with Crippen molar-refractivity contribution < 1.29 is 4.12 Å². The Morgan fingerprint density at radius 2 is 1.91 bits per heavy atom. The second-order valence-corrected chi connectivity index (χ2v) is 9.58. The van der Waals surface area contributed by atoms with Crippen LogP contribution in [0.3, 0.4) is 0 Å². The van der Waals surface area contributed by atoms with Crippen LogP contribution in [0.25, 0.3) is 0 Å². The van der Waals surface area contributed by atoms with Crippen LogP contribution in [0, 0.1) is 0 Å². The molecule has 0 aliphatic carbocycles. The molecular weight excluding hydrogens is 168 g/mol. The van der Waals surface area contributed by atoms with Gasteiger partial charge >= 0.3 is 0 Å². The molecule has 2 radical (unpaired) electrons. The van der Waals surface area contributed by atoms with E-state index in [1.54, 1.807) is 0 Å². The minimum absolute atomic E-state index is 0.662. The Labute approximate surface area is 73.9 Å². The van der Waals surface area contributed by atoms with Crippen molar-refractivity contribution >= 4 is 18.1 Å². The molecule has 3 heteroatoms. The Morgan fingerprint density at radius 3 is 2.27 bits per heavy atom. The van der Waals surface area contributed by atoms with Crippen molar-refractivity contribution in [1.29, 1.82) is 0 Å². The number of hydrogen-bond acceptors (Lipinski definition) is 1. The minimum Gasteiger partial charge on any atom is -0.456 e. The third kappa shape index (κ3) is 10.1. The van der Waals surface area contributed by atoms with E-state index in [2.05, 4.69) is 39.6 Å². The molecule has 0 amide bonds. The predicted molar refractivity (Wildman–Crippen MR) is 54.4 cm³/mol. The van der Waals surface area contributed by atoms with Crippen LogP contribution in [-0.4, -0.2) is 18.1 Å². The predicted octanol–water partition coefficient (Wildman–Crippen LogP) is 2.84. The topological polar surface area (TPSA) is 9.23 Å². The van der Waals surface area contributed by atoms with Crippen LogP contribution < -0.4 is 0 Å². The van der Waals surface area contributed by atoms with Crippen LogP contribution in [0.4, 0.5) is 0 Å². The fraction of sp³-hybridized carbons (Fsp3) is 0.750. The van der Waals surface area contributed by atoms with Crippen molar-refractivity contribution in [3.63, 3.8) is 0 Å². The van der Waals surface area contributed by atoms with Crippen molar-refractivity contribution in [2.45, 2.75) is 39.5 Å². The summed E-state index contributed by atoms with van der Waals surface area (Å²) >= 11 is 0. The zero-order valence-electron chi connectivity index (χ0n) is 8.19. The van der Waals surface area contributed by atoms with Gasteiger partial charge in [-0.2, -0.15) is 0 Å². The quantitative estimate of drug-likeness (QED) is 0.373. The molecule has 0 heterocycles. The van der Waals surface area contributed by atoms with Gasteiger partial charge in [-0.1, -0.05) is 11.6 Å². The molecule has 0 aliphatic rings.